The van der Waals surface area contributed by atoms with Crippen molar-refractivity contribution in [3.63, 3.8) is 0 Å². The maximum atomic E-state index is 12.7. The van der Waals surface area contributed by atoms with Crippen molar-refractivity contribution in [3.8, 4) is 5.75 Å². The molecule has 0 aliphatic heterocycles. The van der Waals surface area contributed by atoms with Crippen LogP contribution >= 0.6 is 0 Å². The minimum atomic E-state index is -0.166. The van der Waals surface area contributed by atoms with Gasteiger partial charge in [-0.2, -0.15) is 0 Å². The highest BCUT2D eigenvalue weighted by Gasteiger charge is 2.35. The van der Waals surface area contributed by atoms with E-state index >= 15 is 0 Å². The predicted molar refractivity (Wildman–Crippen MR) is 83.3 cm³/mol. The van der Waals surface area contributed by atoms with E-state index in [4.69, 9.17) is 5.73 Å². The lowest BCUT2D eigenvalue weighted by atomic mass is 10.0. The van der Waals surface area contributed by atoms with Crippen molar-refractivity contribution in [2.45, 2.75) is 18.9 Å². The summed E-state index contributed by atoms with van der Waals surface area (Å²) in [5.41, 5.74) is 6.15. The standard InChI is InChI=1S/C17H20N2O2/c1-19(15(10-18)12-6-7-12)17(21)14-9-8-11-4-2-3-5-13(11)16(14)20/h2-5,8-9,12,15,20H,6-7,10,18H2,1H3. The highest BCUT2D eigenvalue weighted by atomic mass is 16.3. The third kappa shape index (κ3) is 2.47. The molecule has 4 heteroatoms. The first-order valence-electron chi connectivity index (χ1n) is 7.31. The van der Waals surface area contributed by atoms with Gasteiger partial charge in [0.15, 0.2) is 0 Å². The van der Waals surface area contributed by atoms with E-state index in [-0.39, 0.29) is 17.7 Å². The number of hydrogen-bond donors (Lipinski definition) is 2. The fraction of sp³-hybridized carbons (Fsp3) is 0.353. The molecule has 2 aromatic carbocycles. The second-order valence-corrected chi connectivity index (χ2v) is 5.74. The maximum Gasteiger partial charge on any atom is 0.257 e. The third-order valence-electron chi connectivity index (χ3n) is 4.36. The smallest absolute Gasteiger partial charge is 0.257 e. The van der Waals surface area contributed by atoms with Gasteiger partial charge in [-0.05, 0) is 30.2 Å². The van der Waals surface area contributed by atoms with Crippen LogP contribution in [0.5, 0.6) is 5.75 Å². The summed E-state index contributed by atoms with van der Waals surface area (Å²) in [5.74, 6) is 0.392. The fourth-order valence-corrected chi connectivity index (χ4v) is 2.92. The van der Waals surface area contributed by atoms with Crippen LogP contribution in [0, 0.1) is 5.92 Å². The van der Waals surface area contributed by atoms with Crippen molar-refractivity contribution in [1.29, 1.82) is 0 Å². The second kappa shape index (κ2) is 5.37. The van der Waals surface area contributed by atoms with E-state index in [0.717, 1.165) is 18.2 Å². The highest BCUT2D eigenvalue weighted by Crippen LogP contribution is 2.36. The lowest BCUT2D eigenvalue weighted by molar-refractivity contribution is 0.0716. The molecule has 3 rings (SSSR count). The molecule has 0 spiro atoms. The van der Waals surface area contributed by atoms with Crippen molar-refractivity contribution < 1.29 is 9.90 Å². The van der Waals surface area contributed by atoms with Gasteiger partial charge >= 0.3 is 0 Å². The molecular weight excluding hydrogens is 264 g/mol. The molecule has 0 saturated heterocycles. The van der Waals surface area contributed by atoms with E-state index in [0.29, 0.717) is 23.4 Å². The van der Waals surface area contributed by atoms with Gasteiger partial charge in [0.2, 0.25) is 0 Å². The minimum Gasteiger partial charge on any atom is -0.506 e. The molecule has 1 atom stereocenters. The number of rotatable bonds is 4. The van der Waals surface area contributed by atoms with Gasteiger partial charge in [0, 0.05) is 25.0 Å². The molecule has 1 amide bonds. The number of hydrogen-bond acceptors (Lipinski definition) is 3. The molecule has 110 valence electrons. The lowest BCUT2D eigenvalue weighted by Crippen LogP contribution is -2.43. The van der Waals surface area contributed by atoms with E-state index in [2.05, 4.69) is 0 Å². The minimum absolute atomic E-state index is 0.0523. The van der Waals surface area contributed by atoms with Crippen LogP contribution < -0.4 is 5.73 Å². The molecule has 3 N–H and O–H groups in total. The zero-order valence-electron chi connectivity index (χ0n) is 12.1. The van der Waals surface area contributed by atoms with Gasteiger partial charge in [-0.3, -0.25) is 4.79 Å². The number of aromatic hydroxyl groups is 1. The van der Waals surface area contributed by atoms with Crippen LogP contribution in [0.2, 0.25) is 0 Å². The normalized spacial score (nSPS) is 15.9. The molecule has 0 heterocycles. The van der Waals surface area contributed by atoms with Crippen LogP contribution in [-0.2, 0) is 0 Å². The highest BCUT2D eigenvalue weighted by molar-refractivity contribution is 6.03. The summed E-state index contributed by atoms with van der Waals surface area (Å²) in [6.45, 7) is 0.460. The quantitative estimate of drug-likeness (QED) is 0.905. The number of nitrogens with zero attached hydrogens (tertiary/aromatic N) is 1. The Balaban J connectivity index is 1.95. The Bertz CT molecular complexity index is 680. The summed E-state index contributed by atoms with van der Waals surface area (Å²) in [7, 11) is 1.77. The molecule has 1 fully saturated rings. The molecule has 21 heavy (non-hydrogen) atoms. The number of benzene rings is 2. The molecule has 0 radical (unpaired) electrons. The van der Waals surface area contributed by atoms with Gasteiger partial charge in [-0.25, -0.2) is 0 Å². The van der Waals surface area contributed by atoms with Crippen LogP contribution in [0.3, 0.4) is 0 Å². The van der Waals surface area contributed by atoms with Gasteiger partial charge in [0.05, 0.1) is 5.56 Å². The van der Waals surface area contributed by atoms with Crippen LogP contribution in [0.15, 0.2) is 36.4 Å². The van der Waals surface area contributed by atoms with Crippen molar-refractivity contribution in [3.05, 3.63) is 42.0 Å². The Labute approximate surface area is 124 Å². The van der Waals surface area contributed by atoms with Gasteiger partial charge < -0.3 is 15.7 Å². The van der Waals surface area contributed by atoms with Gasteiger partial charge in [0.25, 0.3) is 5.91 Å². The number of fused-ring (bicyclic) bond motifs is 1. The first kappa shape index (κ1) is 13.9. The number of amides is 1. The van der Waals surface area contributed by atoms with E-state index in [9.17, 15) is 9.90 Å². The second-order valence-electron chi connectivity index (χ2n) is 5.74. The Hall–Kier alpha value is -2.07. The van der Waals surface area contributed by atoms with Crippen molar-refractivity contribution in [2.24, 2.45) is 11.7 Å². The summed E-state index contributed by atoms with van der Waals surface area (Å²) in [6, 6.07) is 11.1. The number of nitrogens with two attached hydrogens (primary N) is 1. The third-order valence-corrected chi connectivity index (χ3v) is 4.36. The number of carbonyl (C=O) groups is 1. The average molecular weight is 284 g/mol. The largest absolute Gasteiger partial charge is 0.506 e. The summed E-state index contributed by atoms with van der Waals surface area (Å²) < 4.78 is 0. The van der Waals surface area contributed by atoms with Crippen LogP contribution in [-0.4, -0.2) is 35.5 Å². The van der Waals surface area contributed by atoms with E-state index in [1.807, 2.05) is 30.3 Å². The van der Waals surface area contributed by atoms with Gasteiger partial charge in [-0.1, -0.05) is 30.3 Å². The summed E-state index contributed by atoms with van der Waals surface area (Å²) >= 11 is 0. The first-order valence-corrected chi connectivity index (χ1v) is 7.31. The topological polar surface area (TPSA) is 66.6 Å². The predicted octanol–water partition coefficient (Wildman–Crippen LogP) is 2.35. The zero-order chi connectivity index (χ0) is 15.0. The lowest BCUT2D eigenvalue weighted by Gasteiger charge is -2.27. The Kier molecular flexibility index (Phi) is 3.55. The Morgan fingerprint density at radius 3 is 2.71 bits per heavy atom. The molecular formula is C17H20N2O2. The summed E-state index contributed by atoms with van der Waals surface area (Å²) in [4.78, 5) is 14.3. The number of phenolic OH excluding ortho intramolecular Hbond substituents is 1. The van der Waals surface area contributed by atoms with Gasteiger partial charge in [-0.15, -0.1) is 0 Å². The van der Waals surface area contributed by atoms with Crippen molar-refractivity contribution in [1.82, 2.24) is 4.90 Å². The van der Waals surface area contributed by atoms with Gasteiger partial charge in [0.1, 0.15) is 5.75 Å². The summed E-state index contributed by atoms with van der Waals surface area (Å²) in [6.07, 6.45) is 2.26. The van der Waals surface area contributed by atoms with E-state index in [1.54, 1.807) is 18.0 Å². The Morgan fingerprint density at radius 2 is 2.05 bits per heavy atom. The fourth-order valence-electron chi connectivity index (χ4n) is 2.92. The molecule has 1 unspecified atom stereocenters. The number of likely N-dealkylation sites (N-methyl/N-ethyl adjacent to an activating group) is 1. The molecule has 1 aliphatic carbocycles. The number of phenols is 1. The molecule has 0 aromatic heterocycles. The molecule has 2 aromatic rings. The number of carbonyl (C=O) groups excluding carboxylic acids is 1. The monoisotopic (exact) mass is 284 g/mol. The molecule has 4 nitrogen and oxygen atoms in total. The Morgan fingerprint density at radius 1 is 1.33 bits per heavy atom. The van der Waals surface area contributed by atoms with E-state index in [1.165, 1.54) is 0 Å². The van der Waals surface area contributed by atoms with E-state index < -0.39 is 0 Å². The van der Waals surface area contributed by atoms with Crippen LogP contribution in [0.4, 0.5) is 0 Å². The van der Waals surface area contributed by atoms with Crippen LogP contribution in [0.25, 0.3) is 10.8 Å². The van der Waals surface area contributed by atoms with Crippen LogP contribution in [0.1, 0.15) is 23.2 Å². The van der Waals surface area contributed by atoms with Crippen molar-refractivity contribution >= 4 is 16.7 Å². The average Bonchev–Trinajstić information content (AvgIpc) is 3.33. The zero-order valence-corrected chi connectivity index (χ0v) is 12.1. The van der Waals surface area contributed by atoms with Crippen molar-refractivity contribution in [2.75, 3.05) is 13.6 Å². The molecule has 0 bridgehead atoms. The first-order chi connectivity index (χ1) is 10.1. The SMILES string of the molecule is CN(C(=O)c1ccc2ccccc2c1O)C(CN)C1CC1. The summed E-state index contributed by atoms with van der Waals surface area (Å²) in [5, 5.41) is 12.0. The molecule has 1 saturated carbocycles. The maximum absolute atomic E-state index is 12.7. The molecule has 1 aliphatic rings.